The molecular weight excluding hydrogens is 204 g/mol. The van der Waals surface area contributed by atoms with Crippen LogP contribution in [0, 0.1) is 5.92 Å². The maximum absolute atomic E-state index is 12.2. The van der Waals surface area contributed by atoms with Crippen LogP contribution in [0.2, 0.25) is 0 Å². The number of hydrogen-bond acceptors (Lipinski definition) is 3. The minimum atomic E-state index is -0.0475. The first kappa shape index (κ1) is 12.5. The Morgan fingerprint density at radius 1 is 1.62 bits per heavy atom. The van der Waals surface area contributed by atoms with Gasteiger partial charge in [0.05, 0.1) is 11.9 Å². The molecule has 1 amide bonds. The molecule has 2 N–H and O–H groups in total. The quantitative estimate of drug-likeness (QED) is 0.833. The topological polar surface area (TPSA) is 64.2 Å². The van der Waals surface area contributed by atoms with Crippen molar-refractivity contribution >= 4 is 11.6 Å². The Bertz CT molecular complexity index is 351. The van der Waals surface area contributed by atoms with Gasteiger partial charge in [0.2, 0.25) is 0 Å². The lowest BCUT2D eigenvalue weighted by atomic mass is 10.2. The Kier molecular flexibility index (Phi) is 3.93. The van der Waals surface area contributed by atoms with Crippen LogP contribution in [-0.4, -0.2) is 33.7 Å². The van der Waals surface area contributed by atoms with E-state index in [1.165, 1.54) is 10.9 Å². The van der Waals surface area contributed by atoms with Gasteiger partial charge in [-0.2, -0.15) is 5.10 Å². The molecule has 5 heteroatoms. The molecule has 0 aromatic carbocycles. The molecule has 0 bridgehead atoms. The Morgan fingerprint density at radius 2 is 2.25 bits per heavy atom. The molecule has 0 saturated heterocycles. The molecule has 0 spiro atoms. The third kappa shape index (κ3) is 2.53. The summed E-state index contributed by atoms with van der Waals surface area (Å²) in [7, 11) is 1.73. The monoisotopic (exact) mass is 224 g/mol. The van der Waals surface area contributed by atoms with Crippen LogP contribution >= 0.6 is 0 Å². The van der Waals surface area contributed by atoms with E-state index in [1.807, 2.05) is 6.92 Å². The van der Waals surface area contributed by atoms with E-state index in [1.54, 1.807) is 11.9 Å². The number of hydrogen-bond donors (Lipinski definition) is 1. The molecule has 1 rings (SSSR count). The van der Waals surface area contributed by atoms with Gasteiger partial charge in [-0.25, -0.2) is 0 Å². The van der Waals surface area contributed by atoms with E-state index in [9.17, 15) is 4.79 Å². The molecule has 1 aromatic rings. The van der Waals surface area contributed by atoms with Crippen molar-refractivity contribution < 1.29 is 4.79 Å². The number of aryl methyl sites for hydroxylation is 1. The standard InChI is InChI=1S/C11H20N4O/c1-5-15(7-8(2)3)11(16)10-9(12)6-13-14(10)4/h6,8H,5,7,12H2,1-4H3. The number of anilines is 1. The number of nitrogens with zero attached hydrogens (tertiary/aromatic N) is 3. The van der Waals surface area contributed by atoms with Crippen molar-refractivity contribution in [1.82, 2.24) is 14.7 Å². The van der Waals surface area contributed by atoms with Crippen LogP contribution in [0.3, 0.4) is 0 Å². The highest BCUT2D eigenvalue weighted by atomic mass is 16.2. The van der Waals surface area contributed by atoms with Crippen LogP contribution in [0.4, 0.5) is 5.69 Å². The van der Waals surface area contributed by atoms with Crippen molar-refractivity contribution in [3.63, 3.8) is 0 Å². The van der Waals surface area contributed by atoms with Crippen LogP contribution < -0.4 is 5.73 Å². The average Bonchev–Trinajstić information content (AvgIpc) is 2.54. The van der Waals surface area contributed by atoms with E-state index >= 15 is 0 Å². The van der Waals surface area contributed by atoms with E-state index in [2.05, 4.69) is 18.9 Å². The summed E-state index contributed by atoms with van der Waals surface area (Å²) >= 11 is 0. The summed E-state index contributed by atoms with van der Waals surface area (Å²) in [6, 6.07) is 0. The first-order chi connectivity index (χ1) is 7.47. The van der Waals surface area contributed by atoms with Crippen LogP contribution in [0.1, 0.15) is 31.3 Å². The summed E-state index contributed by atoms with van der Waals surface area (Å²) in [5.74, 6) is 0.395. The van der Waals surface area contributed by atoms with Crippen molar-refractivity contribution in [2.75, 3.05) is 18.8 Å². The third-order valence-electron chi connectivity index (χ3n) is 2.42. The zero-order valence-corrected chi connectivity index (χ0v) is 10.4. The largest absolute Gasteiger partial charge is 0.396 e. The summed E-state index contributed by atoms with van der Waals surface area (Å²) in [5, 5.41) is 3.98. The SMILES string of the molecule is CCN(CC(C)C)C(=O)c1c(N)cnn1C. The number of aromatic nitrogens is 2. The molecule has 0 fully saturated rings. The normalized spacial score (nSPS) is 10.8. The lowest BCUT2D eigenvalue weighted by Gasteiger charge is -2.23. The van der Waals surface area contributed by atoms with E-state index < -0.39 is 0 Å². The molecule has 0 aliphatic carbocycles. The fourth-order valence-corrected chi connectivity index (χ4v) is 1.66. The first-order valence-electron chi connectivity index (χ1n) is 5.54. The maximum atomic E-state index is 12.2. The summed E-state index contributed by atoms with van der Waals surface area (Å²) < 4.78 is 1.53. The zero-order chi connectivity index (χ0) is 12.3. The lowest BCUT2D eigenvalue weighted by molar-refractivity contribution is 0.0736. The Hall–Kier alpha value is -1.52. The molecule has 0 saturated carbocycles. The predicted octanol–water partition coefficient (Wildman–Crippen LogP) is 1.12. The highest BCUT2D eigenvalue weighted by Crippen LogP contribution is 2.13. The fraction of sp³-hybridized carbons (Fsp3) is 0.636. The second kappa shape index (κ2) is 5.01. The fourth-order valence-electron chi connectivity index (χ4n) is 1.66. The Balaban J connectivity index is 2.91. The van der Waals surface area contributed by atoms with Gasteiger partial charge in [0, 0.05) is 20.1 Å². The number of carbonyl (C=O) groups excluding carboxylic acids is 1. The summed E-state index contributed by atoms with van der Waals surface area (Å²) in [6.07, 6.45) is 1.51. The van der Waals surface area contributed by atoms with Crippen molar-refractivity contribution in [3.8, 4) is 0 Å². The molecule has 1 heterocycles. The zero-order valence-electron chi connectivity index (χ0n) is 10.4. The number of nitrogen functional groups attached to an aromatic ring is 1. The smallest absolute Gasteiger partial charge is 0.274 e. The van der Waals surface area contributed by atoms with Gasteiger partial charge in [0.25, 0.3) is 5.91 Å². The molecule has 0 unspecified atom stereocenters. The number of carbonyl (C=O) groups is 1. The van der Waals surface area contributed by atoms with Gasteiger partial charge >= 0.3 is 0 Å². The molecule has 90 valence electrons. The summed E-state index contributed by atoms with van der Waals surface area (Å²) in [5.41, 5.74) is 6.65. The van der Waals surface area contributed by atoms with E-state index in [-0.39, 0.29) is 5.91 Å². The second-order valence-electron chi connectivity index (χ2n) is 4.31. The van der Waals surface area contributed by atoms with Crippen LogP contribution in [0.15, 0.2) is 6.20 Å². The summed E-state index contributed by atoms with van der Waals surface area (Å²) in [6.45, 7) is 7.56. The predicted molar refractivity (Wildman–Crippen MR) is 64.0 cm³/mol. The van der Waals surface area contributed by atoms with Gasteiger partial charge in [0.15, 0.2) is 0 Å². The highest BCUT2D eigenvalue weighted by Gasteiger charge is 2.21. The lowest BCUT2D eigenvalue weighted by Crippen LogP contribution is -2.35. The first-order valence-corrected chi connectivity index (χ1v) is 5.54. The number of nitrogens with two attached hydrogens (primary N) is 1. The van der Waals surface area contributed by atoms with Gasteiger partial charge in [-0.3, -0.25) is 9.48 Å². The van der Waals surface area contributed by atoms with Crippen molar-refractivity contribution in [2.45, 2.75) is 20.8 Å². The van der Waals surface area contributed by atoms with Gasteiger partial charge in [-0.15, -0.1) is 0 Å². The van der Waals surface area contributed by atoms with Crippen LogP contribution in [0.5, 0.6) is 0 Å². The minimum absolute atomic E-state index is 0.0475. The van der Waals surface area contributed by atoms with E-state index in [4.69, 9.17) is 5.73 Å². The van der Waals surface area contributed by atoms with Gasteiger partial charge in [-0.05, 0) is 12.8 Å². The van der Waals surface area contributed by atoms with E-state index in [0.717, 1.165) is 6.54 Å². The second-order valence-corrected chi connectivity index (χ2v) is 4.31. The Labute approximate surface area is 96.2 Å². The molecular formula is C11H20N4O. The van der Waals surface area contributed by atoms with Crippen LogP contribution in [-0.2, 0) is 7.05 Å². The maximum Gasteiger partial charge on any atom is 0.274 e. The third-order valence-corrected chi connectivity index (χ3v) is 2.42. The molecule has 5 nitrogen and oxygen atoms in total. The van der Waals surface area contributed by atoms with Gasteiger partial charge < -0.3 is 10.6 Å². The van der Waals surface area contributed by atoms with Crippen molar-refractivity contribution in [2.24, 2.45) is 13.0 Å². The molecule has 0 atom stereocenters. The number of rotatable bonds is 4. The molecule has 0 radical (unpaired) electrons. The number of amides is 1. The Morgan fingerprint density at radius 3 is 2.62 bits per heavy atom. The van der Waals surface area contributed by atoms with Gasteiger partial charge in [0.1, 0.15) is 5.69 Å². The minimum Gasteiger partial charge on any atom is -0.396 e. The molecule has 16 heavy (non-hydrogen) atoms. The van der Waals surface area contributed by atoms with Gasteiger partial charge in [-0.1, -0.05) is 13.8 Å². The van der Waals surface area contributed by atoms with Crippen molar-refractivity contribution in [1.29, 1.82) is 0 Å². The summed E-state index contributed by atoms with van der Waals surface area (Å²) in [4.78, 5) is 14.0. The molecule has 1 aromatic heterocycles. The van der Waals surface area contributed by atoms with Crippen LogP contribution in [0.25, 0.3) is 0 Å². The average molecular weight is 224 g/mol. The van der Waals surface area contributed by atoms with E-state index in [0.29, 0.717) is 23.8 Å². The van der Waals surface area contributed by atoms with Crippen molar-refractivity contribution in [3.05, 3.63) is 11.9 Å². The molecule has 0 aliphatic heterocycles. The molecule has 0 aliphatic rings. The highest BCUT2D eigenvalue weighted by molar-refractivity contribution is 5.97.